The van der Waals surface area contributed by atoms with E-state index in [1.54, 1.807) is 24.3 Å². The van der Waals surface area contributed by atoms with E-state index in [1.165, 1.54) is 0 Å². The topological polar surface area (TPSA) is 81.8 Å². The summed E-state index contributed by atoms with van der Waals surface area (Å²) in [7, 11) is 0. The summed E-state index contributed by atoms with van der Waals surface area (Å²) in [4.78, 5) is 11.5. The van der Waals surface area contributed by atoms with Crippen molar-refractivity contribution in [2.75, 3.05) is 19.8 Å². The van der Waals surface area contributed by atoms with Gasteiger partial charge in [-0.3, -0.25) is 4.79 Å². The SMILES string of the molecule is CCOCCOC(=O)[C@@H](N)Cc1ccc(O)cc1. The maximum absolute atomic E-state index is 11.5. The summed E-state index contributed by atoms with van der Waals surface area (Å²) in [6.45, 7) is 3.07. The van der Waals surface area contributed by atoms with Crippen molar-refractivity contribution in [3.63, 3.8) is 0 Å². The molecular weight excluding hydrogens is 234 g/mol. The van der Waals surface area contributed by atoms with E-state index in [0.29, 0.717) is 19.6 Å². The zero-order valence-electron chi connectivity index (χ0n) is 10.5. The number of nitrogens with two attached hydrogens (primary N) is 1. The van der Waals surface area contributed by atoms with E-state index in [2.05, 4.69) is 0 Å². The molecule has 0 aliphatic heterocycles. The highest BCUT2D eigenvalue weighted by molar-refractivity contribution is 5.75. The average molecular weight is 253 g/mol. The van der Waals surface area contributed by atoms with Crippen molar-refractivity contribution < 1.29 is 19.4 Å². The van der Waals surface area contributed by atoms with E-state index < -0.39 is 12.0 Å². The van der Waals surface area contributed by atoms with Gasteiger partial charge < -0.3 is 20.3 Å². The molecule has 1 aromatic rings. The first-order valence-corrected chi connectivity index (χ1v) is 5.91. The minimum absolute atomic E-state index is 0.187. The molecule has 1 aromatic carbocycles. The van der Waals surface area contributed by atoms with E-state index >= 15 is 0 Å². The molecule has 0 amide bonds. The van der Waals surface area contributed by atoms with Crippen LogP contribution in [0.5, 0.6) is 5.75 Å². The third-order valence-electron chi connectivity index (χ3n) is 2.37. The molecule has 0 radical (unpaired) electrons. The van der Waals surface area contributed by atoms with Crippen molar-refractivity contribution in [3.8, 4) is 5.75 Å². The molecule has 1 atom stereocenters. The third-order valence-corrected chi connectivity index (χ3v) is 2.37. The fourth-order valence-corrected chi connectivity index (χ4v) is 1.42. The molecule has 0 aliphatic carbocycles. The number of rotatable bonds is 7. The summed E-state index contributed by atoms with van der Waals surface area (Å²) < 4.78 is 10.0. The van der Waals surface area contributed by atoms with Crippen molar-refractivity contribution in [1.29, 1.82) is 0 Å². The molecule has 0 heterocycles. The zero-order chi connectivity index (χ0) is 13.4. The lowest BCUT2D eigenvalue weighted by atomic mass is 10.1. The fourth-order valence-electron chi connectivity index (χ4n) is 1.42. The van der Waals surface area contributed by atoms with Crippen LogP contribution in [0, 0.1) is 0 Å². The number of phenols is 1. The van der Waals surface area contributed by atoms with E-state index in [-0.39, 0.29) is 12.4 Å². The van der Waals surface area contributed by atoms with Gasteiger partial charge in [-0.2, -0.15) is 0 Å². The molecule has 18 heavy (non-hydrogen) atoms. The average Bonchev–Trinajstić information content (AvgIpc) is 2.37. The number of ether oxygens (including phenoxy) is 2. The Labute approximate surface area is 107 Å². The van der Waals surface area contributed by atoms with Gasteiger partial charge in [0.05, 0.1) is 6.61 Å². The minimum atomic E-state index is -0.698. The van der Waals surface area contributed by atoms with Crippen LogP contribution in [-0.2, 0) is 20.7 Å². The summed E-state index contributed by atoms with van der Waals surface area (Å²) in [6.07, 6.45) is 0.383. The first-order chi connectivity index (χ1) is 8.63. The summed E-state index contributed by atoms with van der Waals surface area (Å²) in [6, 6.07) is 5.87. The van der Waals surface area contributed by atoms with Crippen molar-refractivity contribution in [1.82, 2.24) is 0 Å². The number of aromatic hydroxyl groups is 1. The highest BCUT2D eigenvalue weighted by Gasteiger charge is 2.15. The number of phenolic OH excluding ortho intramolecular Hbond substituents is 1. The summed E-state index contributed by atoms with van der Waals surface area (Å²) in [5.41, 5.74) is 6.60. The van der Waals surface area contributed by atoms with Crippen LogP contribution in [0.15, 0.2) is 24.3 Å². The summed E-state index contributed by atoms with van der Waals surface area (Å²) in [5, 5.41) is 9.13. The molecule has 0 unspecified atom stereocenters. The number of hydrogen-bond donors (Lipinski definition) is 2. The molecule has 5 nitrogen and oxygen atoms in total. The number of carbonyl (C=O) groups excluding carboxylic acids is 1. The van der Waals surface area contributed by atoms with Crippen LogP contribution >= 0.6 is 0 Å². The Morgan fingerprint density at radius 3 is 2.61 bits per heavy atom. The van der Waals surface area contributed by atoms with Crippen LogP contribution < -0.4 is 5.73 Å². The second-order valence-electron chi connectivity index (χ2n) is 3.84. The zero-order valence-corrected chi connectivity index (χ0v) is 10.5. The Morgan fingerprint density at radius 2 is 2.00 bits per heavy atom. The van der Waals surface area contributed by atoms with Gasteiger partial charge in [0.2, 0.25) is 0 Å². The molecule has 0 aromatic heterocycles. The Kier molecular flexibility index (Phi) is 6.18. The molecule has 0 aliphatic rings. The largest absolute Gasteiger partial charge is 0.508 e. The molecule has 0 saturated carbocycles. The Morgan fingerprint density at radius 1 is 1.33 bits per heavy atom. The van der Waals surface area contributed by atoms with Crippen molar-refractivity contribution in [3.05, 3.63) is 29.8 Å². The Bertz CT molecular complexity index is 364. The smallest absolute Gasteiger partial charge is 0.323 e. The van der Waals surface area contributed by atoms with Gasteiger partial charge in [-0.05, 0) is 31.0 Å². The molecule has 0 fully saturated rings. The van der Waals surface area contributed by atoms with Gasteiger partial charge >= 0.3 is 5.97 Å². The van der Waals surface area contributed by atoms with Crippen LogP contribution in [0.25, 0.3) is 0 Å². The predicted molar refractivity (Wildman–Crippen MR) is 67.2 cm³/mol. The van der Waals surface area contributed by atoms with Crippen molar-refractivity contribution >= 4 is 5.97 Å². The van der Waals surface area contributed by atoms with Gasteiger partial charge in [0, 0.05) is 6.61 Å². The first-order valence-electron chi connectivity index (χ1n) is 5.91. The maximum atomic E-state index is 11.5. The van der Waals surface area contributed by atoms with Crippen LogP contribution in [0.3, 0.4) is 0 Å². The molecular formula is C13H19NO4. The van der Waals surface area contributed by atoms with Crippen LogP contribution in [0.4, 0.5) is 0 Å². The molecule has 100 valence electrons. The number of benzene rings is 1. The first kappa shape index (κ1) is 14.5. The van der Waals surface area contributed by atoms with E-state index in [1.807, 2.05) is 6.92 Å². The Hall–Kier alpha value is -1.59. The summed E-state index contributed by atoms with van der Waals surface area (Å²) in [5.74, 6) is -0.255. The molecule has 0 bridgehead atoms. The molecule has 1 rings (SSSR count). The highest BCUT2D eigenvalue weighted by atomic mass is 16.6. The van der Waals surface area contributed by atoms with E-state index in [0.717, 1.165) is 5.56 Å². The van der Waals surface area contributed by atoms with Crippen molar-refractivity contribution in [2.45, 2.75) is 19.4 Å². The number of hydrogen-bond acceptors (Lipinski definition) is 5. The molecule has 0 spiro atoms. The van der Waals surface area contributed by atoms with Gasteiger partial charge in [-0.1, -0.05) is 12.1 Å². The maximum Gasteiger partial charge on any atom is 0.323 e. The number of esters is 1. The lowest BCUT2D eigenvalue weighted by molar-refractivity contribution is -0.146. The lowest BCUT2D eigenvalue weighted by Crippen LogP contribution is -2.35. The van der Waals surface area contributed by atoms with E-state index in [4.69, 9.17) is 20.3 Å². The van der Waals surface area contributed by atoms with E-state index in [9.17, 15) is 4.79 Å². The predicted octanol–water partition coefficient (Wildman–Crippen LogP) is 0.842. The summed E-state index contributed by atoms with van der Waals surface area (Å²) >= 11 is 0. The van der Waals surface area contributed by atoms with Crippen LogP contribution in [0.2, 0.25) is 0 Å². The van der Waals surface area contributed by atoms with Gasteiger partial charge in [0.1, 0.15) is 18.4 Å². The standard InChI is InChI=1S/C13H19NO4/c1-2-17-7-8-18-13(16)12(14)9-10-3-5-11(15)6-4-10/h3-6,12,15H,2,7-9,14H2,1H3/t12-/m0/s1. The van der Waals surface area contributed by atoms with Crippen LogP contribution in [-0.4, -0.2) is 36.9 Å². The number of carbonyl (C=O) groups is 1. The fraction of sp³-hybridized carbons (Fsp3) is 0.462. The monoisotopic (exact) mass is 253 g/mol. The molecule has 5 heteroatoms. The van der Waals surface area contributed by atoms with Crippen LogP contribution in [0.1, 0.15) is 12.5 Å². The highest BCUT2D eigenvalue weighted by Crippen LogP contribution is 2.11. The van der Waals surface area contributed by atoms with Gasteiger partial charge in [-0.15, -0.1) is 0 Å². The van der Waals surface area contributed by atoms with Crippen molar-refractivity contribution in [2.24, 2.45) is 5.73 Å². The Balaban J connectivity index is 2.33. The second-order valence-corrected chi connectivity index (χ2v) is 3.84. The van der Waals surface area contributed by atoms with Gasteiger partial charge in [0.15, 0.2) is 0 Å². The molecule has 3 N–H and O–H groups in total. The minimum Gasteiger partial charge on any atom is -0.508 e. The third kappa shape index (κ3) is 5.16. The molecule has 0 saturated heterocycles. The quantitative estimate of drug-likeness (QED) is 0.556. The van der Waals surface area contributed by atoms with Gasteiger partial charge in [0.25, 0.3) is 0 Å². The second kappa shape index (κ2) is 7.68. The lowest BCUT2D eigenvalue weighted by Gasteiger charge is -2.11. The van der Waals surface area contributed by atoms with Gasteiger partial charge in [-0.25, -0.2) is 0 Å². The normalized spacial score (nSPS) is 12.1.